The van der Waals surface area contributed by atoms with Crippen LogP contribution in [0.5, 0.6) is 0 Å². The second kappa shape index (κ2) is 5.71. The van der Waals surface area contributed by atoms with Crippen molar-refractivity contribution in [3.8, 4) is 0 Å². The molecule has 1 unspecified atom stereocenters. The normalized spacial score (nSPS) is 25.7. The van der Waals surface area contributed by atoms with Crippen LogP contribution in [0.1, 0.15) is 43.9 Å². The molecule has 2 aliphatic heterocycles. The lowest BCUT2D eigenvalue weighted by molar-refractivity contribution is -0.0568. The number of ether oxygens (including phenoxy) is 1. The number of nitrogens with one attached hydrogen (secondary N) is 1. The number of aromatic nitrogens is 1. The van der Waals surface area contributed by atoms with Gasteiger partial charge in [0, 0.05) is 10.9 Å². The standard InChI is InChI=1S/C19H26N2O/c1-19(10-6-13-21-11-4-5-12-21)18-16(9-14-22-19)15-7-2-3-8-17(15)20-18/h2-3,7-8,20H,4-6,9-14H2,1H3. The highest BCUT2D eigenvalue weighted by molar-refractivity contribution is 5.85. The lowest BCUT2D eigenvalue weighted by Gasteiger charge is -2.34. The Hall–Kier alpha value is -1.32. The zero-order valence-corrected chi connectivity index (χ0v) is 13.5. The van der Waals surface area contributed by atoms with Crippen LogP contribution in [0.2, 0.25) is 0 Å². The molecule has 1 aromatic carbocycles. The Morgan fingerprint density at radius 3 is 2.91 bits per heavy atom. The first-order valence-electron chi connectivity index (χ1n) is 8.73. The molecule has 2 aliphatic rings. The van der Waals surface area contributed by atoms with Gasteiger partial charge in [-0.15, -0.1) is 0 Å². The number of para-hydroxylation sites is 1. The summed E-state index contributed by atoms with van der Waals surface area (Å²) in [6, 6.07) is 8.66. The van der Waals surface area contributed by atoms with Gasteiger partial charge in [0.15, 0.2) is 0 Å². The predicted molar refractivity (Wildman–Crippen MR) is 90.2 cm³/mol. The first kappa shape index (κ1) is 14.3. The zero-order valence-electron chi connectivity index (χ0n) is 13.5. The van der Waals surface area contributed by atoms with Gasteiger partial charge < -0.3 is 14.6 Å². The van der Waals surface area contributed by atoms with E-state index in [9.17, 15) is 0 Å². The van der Waals surface area contributed by atoms with Gasteiger partial charge in [-0.25, -0.2) is 0 Å². The number of likely N-dealkylation sites (tertiary alicyclic amines) is 1. The summed E-state index contributed by atoms with van der Waals surface area (Å²) >= 11 is 0. The molecular formula is C19H26N2O. The van der Waals surface area contributed by atoms with Gasteiger partial charge in [-0.05, 0) is 70.3 Å². The molecule has 0 spiro atoms. The Morgan fingerprint density at radius 2 is 2.05 bits per heavy atom. The lowest BCUT2D eigenvalue weighted by atomic mass is 9.89. The molecule has 0 radical (unpaired) electrons. The molecule has 118 valence electrons. The summed E-state index contributed by atoms with van der Waals surface area (Å²) in [6.45, 7) is 6.90. The Labute approximate surface area is 132 Å². The number of nitrogens with zero attached hydrogens (tertiary/aromatic N) is 1. The van der Waals surface area contributed by atoms with Crippen LogP contribution in [0.4, 0.5) is 0 Å². The molecule has 1 aromatic heterocycles. The van der Waals surface area contributed by atoms with Crippen LogP contribution >= 0.6 is 0 Å². The van der Waals surface area contributed by atoms with Crippen LogP contribution in [0.25, 0.3) is 10.9 Å². The fourth-order valence-corrected chi connectivity index (χ4v) is 4.21. The Bertz CT molecular complexity index is 656. The first-order chi connectivity index (χ1) is 10.8. The van der Waals surface area contributed by atoms with Gasteiger partial charge in [-0.3, -0.25) is 0 Å². The topological polar surface area (TPSA) is 28.3 Å². The molecule has 0 aliphatic carbocycles. The number of fused-ring (bicyclic) bond motifs is 3. The van der Waals surface area contributed by atoms with Crippen molar-refractivity contribution in [1.82, 2.24) is 9.88 Å². The van der Waals surface area contributed by atoms with Crippen molar-refractivity contribution < 1.29 is 4.74 Å². The molecule has 0 amide bonds. The van der Waals surface area contributed by atoms with E-state index in [1.165, 1.54) is 61.1 Å². The maximum atomic E-state index is 6.24. The van der Waals surface area contributed by atoms with Crippen LogP contribution in [0.15, 0.2) is 24.3 Å². The van der Waals surface area contributed by atoms with Gasteiger partial charge >= 0.3 is 0 Å². The highest BCUT2D eigenvalue weighted by atomic mass is 16.5. The van der Waals surface area contributed by atoms with Crippen molar-refractivity contribution in [2.45, 2.75) is 44.6 Å². The van der Waals surface area contributed by atoms with Crippen molar-refractivity contribution in [3.05, 3.63) is 35.5 Å². The Balaban J connectivity index is 1.54. The van der Waals surface area contributed by atoms with E-state index in [1.54, 1.807) is 0 Å². The van der Waals surface area contributed by atoms with E-state index in [0.717, 1.165) is 19.4 Å². The minimum atomic E-state index is -0.147. The quantitative estimate of drug-likeness (QED) is 0.929. The molecule has 4 rings (SSSR count). The number of aromatic amines is 1. The van der Waals surface area contributed by atoms with Crippen molar-refractivity contribution in [1.29, 1.82) is 0 Å². The van der Waals surface area contributed by atoms with E-state index in [1.807, 2.05) is 0 Å². The molecule has 1 fully saturated rings. The summed E-state index contributed by atoms with van der Waals surface area (Å²) in [5.74, 6) is 0. The average Bonchev–Trinajstić information content (AvgIpc) is 3.16. The molecular weight excluding hydrogens is 272 g/mol. The molecule has 1 atom stereocenters. The molecule has 0 saturated carbocycles. The summed E-state index contributed by atoms with van der Waals surface area (Å²) in [5.41, 5.74) is 3.91. The highest BCUT2D eigenvalue weighted by Gasteiger charge is 2.35. The van der Waals surface area contributed by atoms with Crippen molar-refractivity contribution in [3.63, 3.8) is 0 Å². The third kappa shape index (κ3) is 2.46. The summed E-state index contributed by atoms with van der Waals surface area (Å²) in [5, 5.41) is 1.38. The molecule has 3 heterocycles. The summed E-state index contributed by atoms with van der Waals surface area (Å²) in [6.07, 6.45) is 6.09. The van der Waals surface area contributed by atoms with E-state index in [0.29, 0.717) is 0 Å². The lowest BCUT2D eigenvalue weighted by Crippen LogP contribution is -2.34. The van der Waals surface area contributed by atoms with E-state index in [2.05, 4.69) is 41.1 Å². The molecule has 3 heteroatoms. The van der Waals surface area contributed by atoms with Gasteiger partial charge in [0.1, 0.15) is 5.60 Å². The molecule has 1 N–H and O–H groups in total. The van der Waals surface area contributed by atoms with E-state index in [4.69, 9.17) is 4.74 Å². The van der Waals surface area contributed by atoms with Crippen molar-refractivity contribution >= 4 is 10.9 Å². The van der Waals surface area contributed by atoms with Gasteiger partial charge in [0.2, 0.25) is 0 Å². The average molecular weight is 298 g/mol. The van der Waals surface area contributed by atoms with Crippen LogP contribution in [-0.4, -0.2) is 36.1 Å². The largest absolute Gasteiger partial charge is 0.369 e. The van der Waals surface area contributed by atoms with Crippen LogP contribution in [-0.2, 0) is 16.8 Å². The molecule has 22 heavy (non-hydrogen) atoms. The Morgan fingerprint density at radius 1 is 1.23 bits per heavy atom. The minimum Gasteiger partial charge on any atom is -0.369 e. The molecule has 0 bridgehead atoms. The smallest absolute Gasteiger partial charge is 0.105 e. The second-order valence-corrected chi connectivity index (χ2v) is 7.01. The van der Waals surface area contributed by atoms with Crippen LogP contribution in [0, 0.1) is 0 Å². The molecule has 3 nitrogen and oxygen atoms in total. The van der Waals surface area contributed by atoms with Gasteiger partial charge in [-0.2, -0.15) is 0 Å². The second-order valence-electron chi connectivity index (χ2n) is 7.01. The van der Waals surface area contributed by atoms with Crippen molar-refractivity contribution in [2.24, 2.45) is 0 Å². The first-order valence-corrected chi connectivity index (χ1v) is 8.73. The fraction of sp³-hybridized carbons (Fsp3) is 0.579. The number of hydrogen-bond donors (Lipinski definition) is 1. The third-order valence-corrected chi connectivity index (χ3v) is 5.44. The summed E-state index contributed by atoms with van der Waals surface area (Å²) in [4.78, 5) is 6.24. The molecule has 2 aromatic rings. The fourth-order valence-electron chi connectivity index (χ4n) is 4.21. The van der Waals surface area contributed by atoms with E-state index >= 15 is 0 Å². The number of rotatable bonds is 4. The van der Waals surface area contributed by atoms with Gasteiger partial charge in [-0.1, -0.05) is 18.2 Å². The van der Waals surface area contributed by atoms with Gasteiger partial charge in [0.05, 0.1) is 12.3 Å². The zero-order chi connectivity index (χ0) is 15.0. The minimum absolute atomic E-state index is 0.147. The van der Waals surface area contributed by atoms with E-state index in [-0.39, 0.29) is 5.60 Å². The number of H-pyrrole nitrogens is 1. The van der Waals surface area contributed by atoms with Crippen LogP contribution < -0.4 is 0 Å². The maximum absolute atomic E-state index is 6.24. The van der Waals surface area contributed by atoms with Crippen molar-refractivity contribution in [2.75, 3.05) is 26.2 Å². The number of benzene rings is 1. The third-order valence-electron chi connectivity index (χ3n) is 5.44. The summed E-state index contributed by atoms with van der Waals surface area (Å²) in [7, 11) is 0. The van der Waals surface area contributed by atoms with Gasteiger partial charge in [0.25, 0.3) is 0 Å². The molecule has 1 saturated heterocycles. The number of hydrogen-bond acceptors (Lipinski definition) is 2. The van der Waals surface area contributed by atoms with E-state index < -0.39 is 0 Å². The maximum Gasteiger partial charge on any atom is 0.105 e. The van der Waals surface area contributed by atoms with Crippen LogP contribution in [0.3, 0.4) is 0 Å². The summed E-state index contributed by atoms with van der Waals surface area (Å²) < 4.78 is 6.24. The Kier molecular flexibility index (Phi) is 3.71. The monoisotopic (exact) mass is 298 g/mol. The SMILES string of the molecule is CC1(CCCN2CCCC2)OCCc2c1[nH]c1ccccc21. The highest BCUT2D eigenvalue weighted by Crippen LogP contribution is 2.39. The predicted octanol–water partition coefficient (Wildman–Crippen LogP) is 3.83.